The van der Waals surface area contributed by atoms with Crippen molar-refractivity contribution in [3.63, 3.8) is 0 Å². The highest BCUT2D eigenvalue weighted by Crippen LogP contribution is 2.17. The number of carbonyl (C=O) groups is 3. The van der Waals surface area contributed by atoms with E-state index in [1.807, 2.05) is 0 Å². The van der Waals surface area contributed by atoms with E-state index in [-0.39, 0.29) is 17.7 Å². The molecule has 0 atom stereocenters. The predicted octanol–water partition coefficient (Wildman–Crippen LogP) is 1.92. The first-order chi connectivity index (χ1) is 10.2. The van der Waals surface area contributed by atoms with E-state index in [4.69, 9.17) is 0 Å². The lowest BCUT2D eigenvalue weighted by Gasteiger charge is -2.21. The molecule has 2 rings (SSSR count). The van der Waals surface area contributed by atoms with Crippen LogP contribution in [-0.2, 0) is 14.4 Å². The average molecular weight is 292 g/mol. The first-order valence-electron chi connectivity index (χ1n) is 8.00. The normalized spacial score (nSPS) is 20.5. The Morgan fingerprint density at radius 3 is 2.24 bits per heavy atom. The van der Waals surface area contributed by atoms with Gasteiger partial charge in [0.15, 0.2) is 0 Å². The average Bonchev–Trinajstić information content (AvgIpc) is 2.73. The van der Waals surface area contributed by atoms with E-state index in [0.29, 0.717) is 25.4 Å². The van der Waals surface area contributed by atoms with Gasteiger partial charge in [-0.15, -0.1) is 0 Å². The number of nitrogens with one attached hydrogen (secondary N) is 1. The van der Waals surface area contributed by atoms with E-state index in [2.05, 4.69) is 5.32 Å². The maximum atomic E-state index is 11.9. The molecule has 2 aliphatic rings. The van der Waals surface area contributed by atoms with Gasteiger partial charge in [-0.25, -0.2) is 0 Å². The molecule has 21 heavy (non-hydrogen) atoms. The molecule has 0 spiro atoms. The Bertz CT molecular complexity index is 405. The van der Waals surface area contributed by atoms with Gasteiger partial charge in [-0.1, -0.05) is 32.1 Å². The fourth-order valence-electron chi connectivity index (χ4n) is 2.95. The van der Waals surface area contributed by atoms with E-state index >= 15 is 0 Å². The summed E-state index contributed by atoms with van der Waals surface area (Å²) in [6, 6.07) is 0.300. The molecule has 1 N–H and O–H groups in total. The smallest absolute Gasteiger partial charge is 0.253 e. The van der Waals surface area contributed by atoms with Gasteiger partial charge in [-0.3, -0.25) is 19.3 Å². The summed E-state index contributed by atoms with van der Waals surface area (Å²) in [4.78, 5) is 35.8. The molecule has 0 bridgehead atoms. The molecular weight excluding hydrogens is 268 g/mol. The molecule has 1 heterocycles. The second kappa shape index (κ2) is 7.96. The molecule has 0 aromatic heterocycles. The molecule has 0 radical (unpaired) electrons. The van der Waals surface area contributed by atoms with Crippen molar-refractivity contribution in [2.45, 2.75) is 63.8 Å². The zero-order valence-electron chi connectivity index (χ0n) is 12.5. The number of hydrogen-bond acceptors (Lipinski definition) is 3. The van der Waals surface area contributed by atoms with Crippen molar-refractivity contribution in [1.29, 1.82) is 0 Å². The maximum absolute atomic E-state index is 11.9. The summed E-state index contributed by atoms with van der Waals surface area (Å²) in [6.45, 7) is 0.322. The van der Waals surface area contributed by atoms with Crippen molar-refractivity contribution >= 4 is 17.7 Å². The van der Waals surface area contributed by atoms with Gasteiger partial charge >= 0.3 is 0 Å². The fourth-order valence-corrected chi connectivity index (χ4v) is 2.95. The van der Waals surface area contributed by atoms with Crippen LogP contribution >= 0.6 is 0 Å². The van der Waals surface area contributed by atoms with Gasteiger partial charge in [0.1, 0.15) is 0 Å². The molecule has 5 heteroatoms. The maximum Gasteiger partial charge on any atom is 0.253 e. The van der Waals surface area contributed by atoms with Gasteiger partial charge < -0.3 is 5.32 Å². The van der Waals surface area contributed by atoms with E-state index in [1.165, 1.54) is 49.2 Å². The summed E-state index contributed by atoms with van der Waals surface area (Å²) in [5, 5.41) is 3.09. The lowest BCUT2D eigenvalue weighted by Crippen LogP contribution is -2.36. The molecule has 0 saturated heterocycles. The summed E-state index contributed by atoms with van der Waals surface area (Å²) in [5.74, 6) is -0.520. The first-order valence-corrected chi connectivity index (χ1v) is 8.00. The third kappa shape index (κ3) is 4.99. The van der Waals surface area contributed by atoms with Crippen LogP contribution in [0.25, 0.3) is 0 Å². The molecule has 1 fully saturated rings. The van der Waals surface area contributed by atoms with Crippen LogP contribution in [0.2, 0.25) is 0 Å². The standard InChI is InChI=1S/C16H24N2O3/c19-14(17-13-7-4-2-1-3-5-8-13)9-6-12-18-15(20)10-11-16(18)21/h10-11,13H,1-9,12H2,(H,17,19). The summed E-state index contributed by atoms with van der Waals surface area (Å²) in [5.41, 5.74) is 0. The van der Waals surface area contributed by atoms with E-state index < -0.39 is 0 Å². The van der Waals surface area contributed by atoms with Crippen LogP contribution in [0.3, 0.4) is 0 Å². The minimum Gasteiger partial charge on any atom is -0.353 e. The SMILES string of the molecule is O=C(CCCN1C(=O)C=CC1=O)NC1CCCCCCC1. The summed E-state index contributed by atoms with van der Waals surface area (Å²) >= 11 is 0. The lowest BCUT2D eigenvalue weighted by atomic mass is 9.96. The Labute approximate surface area is 125 Å². The van der Waals surface area contributed by atoms with Crippen molar-refractivity contribution in [2.75, 3.05) is 6.54 Å². The van der Waals surface area contributed by atoms with Gasteiger partial charge in [0.2, 0.25) is 5.91 Å². The third-order valence-electron chi connectivity index (χ3n) is 4.16. The van der Waals surface area contributed by atoms with Crippen LogP contribution in [0, 0.1) is 0 Å². The topological polar surface area (TPSA) is 66.5 Å². The van der Waals surface area contributed by atoms with E-state index in [0.717, 1.165) is 12.8 Å². The number of imide groups is 1. The van der Waals surface area contributed by atoms with E-state index in [1.54, 1.807) is 0 Å². The second-order valence-corrected chi connectivity index (χ2v) is 5.87. The van der Waals surface area contributed by atoms with Crippen LogP contribution in [0.1, 0.15) is 57.8 Å². The summed E-state index contributed by atoms with van der Waals surface area (Å²) in [6.07, 6.45) is 11.8. The van der Waals surface area contributed by atoms with Crippen LogP contribution in [0.5, 0.6) is 0 Å². The highest BCUT2D eigenvalue weighted by Gasteiger charge is 2.23. The lowest BCUT2D eigenvalue weighted by molar-refractivity contribution is -0.137. The molecule has 0 aromatic carbocycles. The molecule has 3 amide bonds. The largest absolute Gasteiger partial charge is 0.353 e. The number of carbonyl (C=O) groups excluding carboxylic acids is 3. The molecule has 0 unspecified atom stereocenters. The summed E-state index contributed by atoms with van der Waals surface area (Å²) < 4.78 is 0. The molecule has 0 aromatic rings. The Hall–Kier alpha value is -1.65. The molecular formula is C16H24N2O3. The first kappa shape index (κ1) is 15.7. The van der Waals surface area contributed by atoms with Crippen molar-refractivity contribution in [2.24, 2.45) is 0 Å². The molecule has 1 saturated carbocycles. The Morgan fingerprint density at radius 1 is 1.05 bits per heavy atom. The van der Waals surface area contributed by atoms with Gasteiger partial charge in [-0.2, -0.15) is 0 Å². The van der Waals surface area contributed by atoms with Crippen molar-refractivity contribution < 1.29 is 14.4 Å². The molecule has 1 aliphatic heterocycles. The second-order valence-electron chi connectivity index (χ2n) is 5.87. The molecule has 5 nitrogen and oxygen atoms in total. The Morgan fingerprint density at radius 2 is 1.62 bits per heavy atom. The van der Waals surface area contributed by atoms with Crippen molar-refractivity contribution in [3.8, 4) is 0 Å². The van der Waals surface area contributed by atoms with Gasteiger partial charge in [0, 0.05) is 31.2 Å². The van der Waals surface area contributed by atoms with Crippen molar-refractivity contribution in [3.05, 3.63) is 12.2 Å². The van der Waals surface area contributed by atoms with Crippen LogP contribution in [0.4, 0.5) is 0 Å². The number of amides is 3. The number of rotatable bonds is 5. The molecule has 1 aliphatic carbocycles. The molecule has 116 valence electrons. The Kier molecular flexibility index (Phi) is 5.96. The Balaban J connectivity index is 1.65. The van der Waals surface area contributed by atoms with Crippen LogP contribution < -0.4 is 5.32 Å². The zero-order chi connectivity index (χ0) is 15.1. The minimum atomic E-state index is -0.277. The van der Waals surface area contributed by atoms with Gasteiger partial charge in [0.25, 0.3) is 11.8 Å². The highest BCUT2D eigenvalue weighted by molar-refractivity contribution is 6.12. The van der Waals surface area contributed by atoms with Crippen LogP contribution in [0.15, 0.2) is 12.2 Å². The highest BCUT2D eigenvalue weighted by atomic mass is 16.2. The van der Waals surface area contributed by atoms with Crippen LogP contribution in [-0.4, -0.2) is 35.2 Å². The fraction of sp³-hybridized carbons (Fsp3) is 0.688. The van der Waals surface area contributed by atoms with E-state index in [9.17, 15) is 14.4 Å². The predicted molar refractivity (Wildman–Crippen MR) is 79.3 cm³/mol. The minimum absolute atomic E-state index is 0.0348. The quantitative estimate of drug-likeness (QED) is 0.787. The number of hydrogen-bond donors (Lipinski definition) is 1. The van der Waals surface area contributed by atoms with Gasteiger partial charge in [-0.05, 0) is 19.3 Å². The van der Waals surface area contributed by atoms with Gasteiger partial charge in [0.05, 0.1) is 0 Å². The third-order valence-corrected chi connectivity index (χ3v) is 4.16. The monoisotopic (exact) mass is 292 g/mol. The zero-order valence-corrected chi connectivity index (χ0v) is 12.5. The summed E-state index contributed by atoms with van der Waals surface area (Å²) in [7, 11) is 0. The van der Waals surface area contributed by atoms with Crippen molar-refractivity contribution in [1.82, 2.24) is 10.2 Å². The number of nitrogens with zero attached hydrogens (tertiary/aromatic N) is 1.